The number of piperidine rings is 1. The highest BCUT2D eigenvalue weighted by Gasteiger charge is 2.48. The molecule has 3 N–H and O–H groups in total. The number of urea groups is 1. The number of fused-ring (bicyclic) bond motifs is 2. The summed E-state index contributed by atoms with van der Waals surface area (Å²) in [5.74, 6) is -0.667. The number of hydrogen-bond donors (Lipinski definition) is 3. The molecule has 0 aromatic carbocycles. The molecule has 0 aromatic heterocycles. The summed E-state index contributed by atoms with van der Waals surface area (Å²) in [5, 5.41) is 11.3. The first-order valence-corrected chi connectivity index (χ1v) is 10.5. The Balaban J connectivity index is 1.55. The molecule has 0 radical (unpaired) electrons. The van der Waals surface area contributed by atoms with Crippen LogP contribution in [0.5, 0.6) is 0 Å². The van der Waals surface area contributed by atoms with E-state index < -0.39 is 34.4 Å². The Kier molecular flexibility index (Phi) is 6.07. The monoisotopic (exact) mass is 432 g/mol. The predicted octanol–water partition coefficient (Wildman–Crippen LogP) is -1.41. The van der Waals surface area contributed by atoms with Gasteiger partial charge in [0, 0.05) is 26.6 Å². The fourth-order valence-electron chi connectivity index (χ4n) is 3.86. The van der Waals surface area contributed by atoms with E-state index in [1.807, 2.05) is 0 Å². The SMILES string of the molecule is CC(=O)N1CCCN(CC(=O)NC(=N)C2CCC3CN2C(=O)N3OS(=O)(=O)O)C1. The normalized spacial score (nSPS) is 25.3. The van der Waals surface area contributed by atoms with Crippen LogP contribution in [0.2, 0.25) is 0 Å². The molecule has 2 bridgehead atoms. The third-order valence-corrected chi connectivity index (χ3v) is 5.54. The standard InChI is InChI=1S/C15H24N6O7S/c1-10(22)19-6-2-5-18(9-19)8-13(23)17-14(16)12-4-3-11-7-20(12)15(24)21(11)28-29(25,26)27/h11-12H,2-9H2,1H3,(H2,16,17,23)(H,25,26,27). The van der Waals surface area contributed by atoms with Gasteiger partial charge in [0.05, 0.1) is 25.3 Å². The molecule has 3 aliphatic heterocycles. The second-order valence-electron chi connectivity index (χ2n) is 7.30. The molecular weight excluding hydrogens is 408 g/mol. The molecule has 3 aliphatic rings. The Bertz CT molecular complexity index is 818. The van der Waals surface area contributed by atoms with Crippen LogP contribution >= 0.6 is 0 Å². The molecule has 0 aliphatic carbocycles. The Morgan fingerprint density at radius 2 is 2.03 bits per heavy atom. The molecule has 2 unspecified atom stereocenters. The molecule has 0 saturated carbocycles. The number of nitrogens with one attached hydrogen (secondary N) is 2. The van der Waals surface area contributed by atoms with Gasteiger partial charge >= 0.3 is 16.4 Å². The van der Waals surface area contributed by atoms with Gasteiger partial charge < -0.3 is 15.1 Å². The number of amides is 4. The van der Waals surface area contributed by atoms with Crippen molar-refractivity contribution in [3.8, 4) is 0 Å². The fraction of sp³-hybridized carbons (Fsp3) is 0.733. The van der Waals surface area contributed by atoms with Crippen molar-refractivity contribution in [2.45, 2.75) is 38.3 Å². The maximum Gasteiger partial charge on any atom is 0.418 e. The first kappa shape index (κ1) is 21.4. The average Bonchev–Trinajstić information content (AvgIpc) is 2.85. The molecule has 3 fully saturated rings. The van der Waals surface area contributed by atoms with Crippen LogP contribution in [0.1, 0.15) is 26.2 Å². The molecule has 14 heteroatoms. The molecule has 0 spiro atoms. The van der Waals surface area contributed by atoms with Crippen LogP contribution in [0.4, 0.5) is 4.79 Å². The van der Waals surface area contributed by atoms with Gasteiger partial charge in [0.2, 0.25) is 11.8 Å². The highest BCUT2D eigenvalue weighted by molar-refractivity contribution is 7.80. The molecule has 29 heavy (non-hydrogen) atoms. The zero-order valence-electron chi connectivity index (χ0n) is 15.9. The average molecular weight is 432 g/mol. The number of hydrogen-bond acceptors (Lipinski definition) is 8. The van der Waals surface area contributed by atoms with Crippen molar-refractivity contribution in [1.82, 2.24) is 25.1 Å². The summed E-state index contributed by atoms with van der Waals surface area (Å²) in [6, 6.07) is -2.08. The molecule has 0 aromatic rings. The van der Waals surface area contributed by atoms with E-state index >= 15 is 0 Å². The molecule has 162 valence electrons. The van der Waals surface area contributed by atoms with Gasteiger partial charge in [0.1, 0.15) is 5.84 Å². The van der Waals surface area contributed by atoms with Gasteiger partial charge in [0.25, 0.3) is 0 Å². The maximum absolute atomic E-state index is 12.4. The lowest BCUT2D eigenvalue weighted by Crippen LogP contribution is -2.54. The van der Waals surface area contributed by atoms with Gasteiger partial charge in [-0.2, -0.15) is 13.5 Å². The van der Waals surface area contributed by atoms with E-state index in [2.05, 4.69) is 9.60 Å². The van der Waals surface area contributed by atoms with Gasteiger partial charge in [-0.3, -0.25) is 24.5 Å². The molecular formula is C15H24N6O7S. The van der Waals surface area contributed by atoms with Gasteiger partial charge in [-0.25, -0.2) is 4.79 Å². The van der Waals surface area contributed by atoms with Crippen molar-refractivity contribution in [1.29, 1.82) is 5.41 Å². The topological polar surface area (TPSA) is 164 Å². The Labute approximate surface area is 167 Å². The Morgan fingerprint density at radius 3 is 2.69 bits per heavy atom. The number of amidine groups is 1. The van der Waals surface area contributed by atoms with Crippen LogP contribution in [-0.4, -0.2) is 101 Å². The van der Waals surface area contributed by atoms with E-state index in [9.17, 15) is 22.8 Å². The first-order chi connectivity index (χ1) is 13.5. The quantitative estimate of drug-likeness (QED) is 0.271. The number of hydroxylamine groups is 2. The van der Waals surface area contributed by atoms with Crippen LogP contribution in [0.15, 0.2) is 0 Å². The fourth-order valence-corrected chi connectivity index (χ4v) is 4.25. The minimum absolute atomic E-state index is 0.00738. The molecule has 3 rings (SSSR count). The molecule has 2 atom stereocenters. The van der Waals surface area contributed by atoms with Crippen LogP contribution in [0.25, 0.3) is 0 Å². The largest absolute Gasteiger partial charge is 0.418 e. The van der Waals surface area contributed by atoms with Crippen LogP contribution in [0.3, 0.4) is 0 Å². The van der Waals surface area contributed by atoms with E-state index in [4.69, 9.17) is 9.96 Å². The lowest BCUT2D eigenvalue weighted by atomic mass is 10.00. The lowest BCUT2D eigenvalue weighted by molar-refractivity contribution is -0.134. The van der Waals surface area contributed by atoms with Gasteiger partial charge in [-0.05, 0) is 19.3 Å². The van der Waals surface area contributed by atoms with E-state index in [-0.39, 0.29) is 24.8 Å². The molecule has 3 heterocycles. The third kappa shape index (κ3) is 5.01. The van der Waals surface area contributed by atoms with Crippen LogP contribution in [0, 0.1) is 5.41 Å². The maximum atomic E-state index is 12.4. The Hall–Kier alpha value is -2.29. The Morgan fingerprint density at radius 1 is 1.31 bits per heavy atom. The predicted molar refractivity (Wildman–Crippen MR) is 97.7 cm³/mol. The van der Waals surface area contributed by atoms with Gasteiger partial charge in [-0.15, -0.1) is 4.28 Å². The summed E-state index contributed by atoms with van der Waals surface area (Å²) in [6.45, 7) is 3.24. The zero-order valence-corrected chi connectivity index (χ0v) is 16.7. The number of carbonyl (C=O) groups excluding carboxylic acids is 3. The third-order valence-electron chi connectivity index (χ3n) is 5.19. The highest BCUT2D eigenvalue weighted by Crippen LogP contribution is 2.30. The number of rotatable bonds is 5. The van der Waals surface area contributed by atoms with E-state index in [0.29, 0.717) is 37.7 Å². The summed E-state index contributed by atoms with van der Waals surface area (Å²) in [7, 11) is -4.84. The molecule has 4 amide bonds. The molecule has 3 saturated heterocycles. The van der Waals surface area contributed by atoms with Crippen LogP contribution < -0.4 is 5.32 Å². The van der Waals surface area contributed by atoms with E-state index in [0.717, 1.165) is 6.42 Å². The van der Waals surface area contributed by atoms with E-state index in [1.165, 1.54) is 11.8 Å². The lowest BCUT2D eigenvalue weighted by Gasteiger charge is -2.35. The first-order valence-electron chi connectivity index (χ1n) is 9.18. The second kappa shape index (κ2) is 8.22. The minimum atomic E-state index is -4.84. The van der Waals surface area contributed by atoms with Gasteiger partial charge in [-0.1, -0.05) is 0 Å². The summed E-state index contributed by atoms with van der Waals surface area (Å²) in [6.07, 6.45) is 1.43. The van der Waals surface area contributed by atoms with Crippen molar-refractivity contribution in [2.75, 3.05) is 32.8 Å². The number of carbonyl (C=O) groups is 3. The smallest absolute Gasteiger partial charge is 0.330 e. The summed E-state index contributed by atoms with van der Waals surface area (Å²) in [4.78, 5) is 40.9. The number of nitrogens with zero attached hydrogens (tertiary/aromatic N) is 4. The van der Waals surface area contributed by atoms with Gasteiger partial charge in [0.15, 0.2) is 0 Å². The van der Waals surface area contributed by atoms with Crippen LogP contribution in [-0.2, 0) is 24.3 Å². The highest BCUT2D eigenvalue weighted by atomic mass is 32.3. The van der Waals surface area contributed by atoms with Crippen molar-refractivity contribution < 1.29 is 31.6 Å². The second-order valence-corrected chi connectivity index (χ2v) is 8.31. The minimum Gasteiger partial charge on any atom is -0.330 e. The summed E-state index contributed by atoms with van der Waals surface area (Å²) in [5.41, 5.74) is 0. The van der Waals surface area contributed by atoms with Crippen molar-refractivity contribution in [2.24, 2.45) is 0 Å². The summed E-state index contributed by atoms with van der Waals surface area (Å²) >= 11 is 0. The summed E-state index contributed by atoms with van der Waals surface area (Å²) < 4.78 is 35.0. The van der Waals surface area contributed by atoms with Crippen molar-refractivity contribution in [3.05, 3.63) is 0 Å². The van der Waals surface area contributed by atoms with Crippen molar-refractivity contribution >= 4 is 34.1 Å². The van der Waals surface area contributed by atoms with Crippen molar-refractivity contribution in [3.63, 3.8) is 0 Å². The molecule has 13 nitrogen and oxygen atoms in total. The van der Waals surface area contributed by atoms with E-state index in [1.54, 1.807) is 9.80 Å². The zero-order chi connectivity index (χ0) is 21.3.